The molecule has 0 N–H and O–H groups in total. The molecule has 2 heterocycles. The van der Waals surface area contributed by atoms with E-state index >= 15 is 0 Å². The van der Waals surface area contributed by atoms with Gasteiger partial charge in [0, 0.05) is 30.6 Å². The largest absolute Gasteiger partial charge is 0.487 e. The molecular weight excluding hydrogens is 354 g/mol. The Bertz CT molecular complexity index is 1010. The molecule has 6 heteroatoms. The number of hydrogen-bond donors (Lipinski definition) is 0. The fraction of sp³-hybridized carbons (Fsp3) is 0.318. The van der Waals surface area contributed by atoms with Crippen molar-refractivity contribution in [3.05, 3.63) is 70.3 Å². The van der Waals surface area contributed by atoms with Gasteiger partial charge in [0.05, 0.1) is 4.92 Å². The van der Waals surface area contributed by atoms with Gasteiger partial charge in [-0.3, -0.25) is 10.1 Å². The third-order valence-corrected chi connectivity index (χ3v) is 5.17. The first-order valence-corrected chi connectivity index (χ1v) is 9.61. The lowest BCUT2D eigenvalue weighted by Crippen LogP contribution is -2.34. The molecule has 6 nitrogen and oxygen atoms in total. The number of non-ortho nitro benzene ring substituents is 1. The van der Waals surface area contributed by atoms with Gasteiger partial charge in [0.2, 0.25) is 0 Å². The summed E-state index contributed by atoms with van der Waals surface area (Å²) >= 11 is 0. The van der Waals surface area contributed by atoms with Crippen LogP contribution in [0.15, 0.2) is 54.6 Å². The molecular formula is C22H23N3O3. The summed E-state index contributed by atoms with van der Waals surface area (Å²) in [6.45, 7) is 4.59. The van der Waals surface area contributed by atoms with Crippen LogP contribution < -0.4 is 9.64 Å². The van der Waals surface area contributed by atoms with E-state index in [1.54, 1.807) is 12.1 Å². The van der Waals surface area contributed by atoms with Crippen LogP contribution >= 0.6 is 0 Å². The van der Waals surface area contributed by atoms with E-state index in [0.29, 0.717) is 11.7 Å². The Labute approximate surface area is 163 Å². The van der Waals surface area contributed by atoms with Crippen LogP contribution in [0.4, 0.5) is 11.5 Å². The Hall–Kier alpha value is -3.15. The zero-order valence-electron chi connectivity index (χ0n) is 15.9. The predicted molar refractivity (Wildman–Crippen MR) is 110 cm³/mol. The molecule has 0 amide bonds. The SMILES string of the molecule is CC1CCCN(c2ccc3cccc(OCc4cccc([N+](=O)[O-])c4)c3n2)C1. The molecule has 0 spiro atoms. The number of anilines is 1. The maximum Gasteiger partial charge on any atom is 0.269 e. The summed E-state index contributed by atoms with van der Waals surface area (Å²) in [7, 11) is 0. The molecule has 1 saturated heterocycles. The number of aromatic nitrogens is 1. The summed E-state index contributed by atoms with van der Waals surface area (Å²) in [6, 6.07) is 16.5. The number of nitro groups is 1. The zero-order valence-corrected chi connectivity index (χ0v) is 15.9. The minimum Gasteiger partial charge on any atom is -0.487 e. The first-order valence-electron chi connectivity index (χ1n) is 9.61. The highest BCUT2D eigenvalue weighted by atomic mass is 16.6. The van der Waals surface area contributed by atoms with Crippen molar-refractivity contribution in [2.24, 2.45) is 5.92 Å². The van der Waals surface area contributed by atoms with E-state index in [4.69, 9.17) is 9.72 Å². The number of nitrogens with zero attached hydrogens (tertiary/aromatic N) is 3. The summed E-state index contributed by atoms with van der Waals surface area (Å²) in [4.78, 5) is 17.8. The van der Waals surface area contributed by atoms with Gasteiger partial charge >= 0.3 is 0 Å². The van der Waals surface area contributed by atoms with Crippen LogP contribution in [-0.4, -0.2) is 23.0 Å². The zero-order chi connectivity index (χ0) is 19.5. The number of fused-ring (bicyclic) bond motifs is 1. The van der Waals surface area contributed by atoms with Crippen molar-refractivity contribution < 1.29 is 9.66 Å². The quantitative estimate of drug-likeness (QED) is 0.464. The summed E-state index contributed by atoms with van der Waals surface area (Å²) in [5.74, 6) is 2.34. The number of rotatable bonds is 5. The fourth-order valence-electron chi connectivity index (χ4n) is 3.72. The van der Waals surface area contributed by atoms with Crippen molar-refractivity contribution in [1.82, 2.24) is 4.98 Å². The number of ether oxygens (including phenoxy) is 1. The van der Waals surface area contributed by atoms with Crippen molar-refractivity contribution in [2.75, 3.05) is 18.0 Å². The average Bonchev–Trinajstić information content (AvgIpc) is 2.72. The van der Waals surface area contributed by atoms with Crippen molar-refractivity contribution >= 4 is 22.4 Å². The first kappa shape index (κ1) is 18.2. The van der Waals surface area contributed by atoms with Gasteiger partial charge in [-0.05, 0) is 42.5 Å². The molecule has 1 unspecified atom stereocenters. The highest BCUT2D eigenvalue weighted by Crippen LogP contribution is 2.29. The van der Waals surface area contributed by atoms with Crippen molar-refractivity contribution in [2.45, 2.75) is 26.4 Å². The summed E-state index contributed by atoms with van der Waals surface area (Å²) < 4.78 is 6.00. The molecule has 1 aliphatic heterocycles. The summed E-state index contributed by atoms with van der Waals surface area (Å²) in [5.41, 5.74) is 1.65. The maximum atomic E-state index is 11.0. The third kappa shape index (κ3) is 3.91. The van der Waals surface area contributed by atoms with Gasteiger partial charge in [-0.2, -0.15) is 0 Å². The standard InChI is InChI=1S/C22H23N3O3/c1-16-5-4-12-24(14-16)21-11-10-18-7-3-9-20(22(18)23-21)28-15-17-6-2-8-19(13-17)25(26)27/h2-3,6-11,13,16H,4-5,12,14-15H2,1H3. The van der Waals surface area contributed by atoms with Crippen LogP contribution in [0.25, 0.3) is 10.9 Å². The van der Waals surface area contributed by atoms with Crippen LogP contribution in [0.2, 0.25) is 0 Å². The van der Waals surface area contributed by atoms with E-state index in [1.165, 1.54) is 18.9 Å². The molecule has 0 saturated carbocycles. The van der Waals surface area contributed by atoms with Gasteiger partial charge in [0.1, 0.15) is 23.7 Å². The van der Waals surface area contributed by atoms with Crippen LogP contribution in [-0.2, 0) is 6.61 Å². The van der Waals surface area contributed by atoms with E-state index in [2.05, 4.69) is 24.0 Å². The predicted octanol–water partition coefficient (Wildman–Crippen LogP) is 4.96. The molecule has 28 heavy (non-hydrogen) atoms. The third-order valence-electron chi connectivity index (χ3n) is 5.17. The molecule has 1 fully saturated rings. The molecule has 0 bridgehead atoms. The lowest BCUT2D eigenvalue weighted by Gasteiger charge is -2.32. The van der Waals surface area contributed by atoms with Gasteiger partial charge in [0.15, 0.2) is 0 Å². The van der Waals surface area contributed by atoms with Gasteiger partial charge < -0.3 is 9.64 Å². The maximum absolute atomic E-state index is 11.0. The van der Waals surface area contributed by atoms with Crippen LogP contribution in [0, 0.1) is 16.0 Å². The van der Waals surface area contributed by atoms with E-state index in [9.17, 15) is 10.1 Å². The second kappa shape index (κ2) is 7.84. The molecule has 4 rings (SSSR count). The van der Waals surface area contributed by atoms with Gasteiger partial charge in [-0.1, -0.05) is 31.2 Å². The Morgan fingerprint density at radius 1 is 1.21 bits per heavy atom. The average molecular weight is 377 g/mol. The molecule has 2 aromatic carbocycles. The van der Waals surface area contributed by atoms with E-state index in [-0.39, 0.29) is 12.3 Å². The number of nitro benzene ring substituents is 1. The van der Waals surface area contributed by atoms with E-state index in [1.807, 2.05) is 24.3 Å². The minimum absolute atomic E-state index is 0.0682. The fourth-order valence-corrected chi connectivity index (χ4v) is 3.72. The Morgan fingerprint density at radius 3 is 2.89 bits per heavy atom. The lowest BCUT2D eigenvalue weighted by molar-refractivity contribution is -0.384. The second-order valence-electron chi connectivity index (χ2n) is 7.41. The molecule has 0 radical (unpaired) electrons. The second-order valence-corrected chi connectivity index (χ2v) is 7.41. The summed E-state index contributed by atoms with van der Waals surface area (Å²) in [5, 5.41) is 12.0. The van der Waals surface area contributed by atoms with Crippen LogP contribution in [0.1, 0.15) is 25.3 Å². The van der Waals surface area contributed by atoms with Gasteiger partial charge in [0.25, 0.3) is 5.69 Å². The first-order chi connectivity index (χ1) is 13.6. The highest BCUT2D eigenvalue weighted by molar-refractivity contribution is 5.86. The van der Waals surface area contributed by atoms with E-state index < -0.39 is 4.92 Å². The Kier molecular flexibility index (Phi) is 5.10. The Balaban J connectivity index is 1.59. The normalized spacial score (nSPS) is 16.9. The van der Waals surface area contributed by atoms with Crippen molar-refractivity contribution in [3.8, 4) is 5.75 Å². The molecule has 0 aliphatic carbocycles. The molecule has 3 aromatic rings. The molecule has 1 atom stereocenters. The molecule has 144 valence electrons. The smallest absolute Gasteiger partial charge is 0.269 e. The van der Waals surface area contributed by atoms with Gasteiger partial charge in [-0.25, -0.2) is 4.98 Å². The monoisotopic (exact) mass is 377 g/mol. The van der Waals surface area contributed by atoms with Crippen LogP contribution in [0.5, 0.6) is 5.75 Å². The van der Waals surface area contributed by atoms with Crippen molar-refractivity contribution in [3.63, 3.8) is 0 Å². The number of pyridine rings is 1. The molecule has 1 aliphatic rings. The Morgan fingerprint density at radius 2 is 2.07 bits per heavy atom. The highest BCUT2D eigenvalue weighted by Gasteiger charge is 2.18. The number of benzene rings is 2. The number of para-hydroxylation sites is 1. The van der Waals surface area contributed by atoms with Crippen molar-refractivity contribution in [1.29, 1.82) is 0 Å². The number of hydrogen-bond acceptors (Lipinski definition) is 5. The lowest BCUT2D eigenvalue weighted by atomic mass is 10.0. The topological polar surface area (TPSA) is 68.5 Å². The van der Waals surface area contributed by atoms with E-state index in [0.717, 1.165) is 35.4 Å². The van der Waals surface area contributed by atoms with Gasteiger partial charge in [-0.15, -0.1) is 0 Å². The minimum atomic E-state index is -0.394. The molecule has 1 aromatic heterocycles. The summed E-state index contributed by atoms with van der Waals surface area (Å²) in [6.07, 6.45) is 2.45. The van der Waals surface area contributed by atoms with Crippen LogP contribution in [0.3, 0.4) is 0 Å². The number of piperidine rings is 1.